The van der Waals surface area contributed by atoms with Crippen LogP contribution in [0.15, 0.2) is 18.2 Å². The Labute approximate surface area is 124 Å². The van der Waals surface area contributed by atoms with Gasteiger partial charge in [0.2, 0.25) is 0 Å². The molecule has 1 saturated heterocycles. The molecular formula is C16H19FN2O2. The van der Waals surface area contributed by atoms with Crippen LogP contribution >= 0.6 is 0 Å². The molecule has 2 rings (SSSR count). The third-order valence-corrected chi connectivity index (χ3v) is 3.61. The number of piperazine rings is 1. The van der Waals surface area contributed by atoms with E-state index in [1.165, 1.54) is 18.2 Å². The van der Waals surface area contributed by atoms with Gasteiger partial charge in [-0.15, -0.1) is 0 Å². The summed E-state index contributed by atoms with van der Waals surface area (Å²) in [4.78, 5) is 16.6. The van der Waals surface area contributed by atoms with Crippen molar-refractivity contribution in [3.8, 4) is 11.8 Å². The second kappa shape index (κ2) is 6.70. The summed E-state index contributed by atoms with van der Waals surface area (Å²) < 4.78 is 13.3. The number of nitrogens with zero attached hydrogens (tertiary/aromatic N) is 2. The Hall–Kier alpha value is -1.90. The van der Waals surface area contributed by atoms with E-state index in [2.05, 4.69) is 16.7 Å². The van der Waals surface area contributed by atoms with E-state index in [-0.39, 0.29) is 18.6 Å². The molecule has 0 aliphatic carbocycles. The van der Waals surface area contributed by atoms with Gasteiger partial charge in [-0.1, -0.05) is 11.8 Å². The maximum atomic E-state index is 13.3. The van der Waals surface area contributed by atoms with Crippen LogP contribution < -0.4 is 0 Å². The number of amides is 1. The molecule has 1 fully saturated rings. The molecule has 1 aliphatic heterocycles. The normalized spacial score (nSPS) is 19.0. The predicted molar refractivity (Wildman–Crippen MR) is 78.4 cm³/mol. The highest BCUT2D eigenvalue weighted by atomic mass is 19.1. The molecule has 112 valence electrons. The Balaban J connectivity index is 2.30. The van der Waals surface area contributed by atoms with Gasteiger partial charge in [-0.05, 0) is 32.2 Å². The molecule has 0 spiro atoms. The van der Waals surface area contributed by atoms with Crippen LogP contribution in [0.2, 0.25) is 0 Å². The first kappa shape index (κ1) is 15.5. The predicted octanol–water partition coefficient (Wildman–Crippen LogP) is 0.946. The van der Waals surface area contributed by atoms with Crippen molar-refractivity contribution in [1.82, 2.24) is 9.80 Å². The molecule has 5 heteroatoms. The Bertz CT molecular complexity index is 592. The molecule has 21 heavy (non-hydrogen) atoms. The van der Waals surface area contributed by atoms with E-state index in [0.29, 0.717) is 17.7 Å². The van der Waals surface area contributed by atoms with E-state index in [1.807, 2.05) is 14.0 Å². The van der Waals surface area contributed by atoms with Gasteiger partial charge >= 0.3 is 0 Å². The zero-order chi connectivity index (χ0) is 15.4. The lowest BCUT2D eigenvalue weighted by Gasteiger charge is -2.38. The van der Waals surface area contributed by atoms with Gasteiger partial charge in [0.1, 0.15) is 12.4 Å². The standard InChI is InChI=1S/C16H19FN2O2/c1-12-11-18(2)7-8-19(12)16(21)15-6-5-14(17)10-13(15)4-3-9-20/h5-6,10,12,20H,7-9,11H2,1-2H3. The van der Waals surface area contributed by atoms with Gasteiger partial charge in [0.15, 0.2) is 0 Å². The van der Waals surface area contributed by atoms with Crippen LogP contribution in [0, 0.1) is 17.7 Å². The zero-order valence-electron chi connectivity index (χ0n) is 12.3. The van der Waals surface area contributed by atoms with Crippen molar-refractivity contribution in [3.05, 3.63) is 35.1 Å². The molecule has 0 saturated carbocycles. The summed E-state index contributed by atoms with van der Waals surface area (Å²) in [6, 6.07) is 4.05. The van der Waals surface area contributed by atoms with Crippen LogP contribution in [0.1, 0.15) is 22.8 Å². The van der Waals surface area contributed by atoms with E-state index in [4.69, 9.17) is 5.11 Å². The van der Waals surface area contributed by atoms with Crippen LogP contribution in [0.4, 0.5) is 4.39 Å². The summed E-state index contributed by atoms with van der Waals surface area (Å²) in [5, 5.41) is 8.78. The van der Waals surface area contributed by atoms with E-state index >= 15 is 0 Å². The quantitative estimate of drug-likeness (QED) is 0.783. The molecule has 0 aromatic heterocycles. The fourth-order valence-electron chi connectivity index (χ4n) is 2.54. The lowest BCUT2D eigenvalue weighted by Crippen LogP contribution is -2.52. The first-order valence-electron chi connectivity index (χ1n) is 6.91. The molecule has 1 heterocycles. The Morgan fingerprint density at radius 3 is 2.90 bits per heavy atom. The molecule has 0 radical (unpaired) electrons. The first-order chi connectivity index (χ1) is 10.0. The number of carbonyl (C=O) groups excluding carboxylic acids is 1. The monoisotopic (exact) mass is 290 g/mol. The maximum absolute atomic E-state index is 13.3. The lowest BCUT2D eigenvalue weighted by atomic mass is 10.0. The molecule has 4 nitrogen and oxygen atoms in total. The molecule has 1 unspecified atom stereocenters. The third kappa shape index (κ3) is 3.60. The highest BCUT2D eigenvalue weighted by Gasteiger charge is 2.27. The van der Waals surface area contributed by atoms with Gasteiger partial charge < -0.3 is 14.9 Å². The van der Waals surface area contributed by atoms with Crippen molar-refractivity contribution < 1.29 is 14.3 Å². The van der Waals surface area contributed by atoms with Crippen molar-refractivity contribution in [1.29, 1.82) is 0 Å². The van der Waals surface area contributed by atoms with Crippen LogP contribution in [-0.2, 0) is 0 Å². The summed E-state index contributed by atoms with van der Waals surface area (Å²) in [5.41, 5.74) is 0.703. The topological polar surface area (TPSA) is 43.8 Å². The summed E-state index contributed by atoms with van der Waals surface area (Å²) in [5.74, 6) is 4.53. The van der Waals surface area contributed by atoms with E-state index in [0.717, 1.165) is 13.1 Å². The first-order valence-corrected chi connectivity index (χ1v) is 6.91. The number of benzene rings is 1. The number of aliphatic hydroxyl groups excluding tert-OH is 1. The van der Waals surface area contributed by atoms with Crippen molar-refractivity contribution in [2.75, 3.05) is 33.3 Å². The molecule has 1 aromatic rings. The van der Waals surface area contributed by atoms with Gasteiger partial charge in [0.05, 0.1) is 5.56 Å². The van der Waals surface area contributed by atoms with Crippen LogP contribution in [0.5, 0.6) is 0 Å². The minimum absolute atomic E-state index is 0.0972. The second-order valence-corrected chi connectivity index (χ2v) is 5.26. The Morgan fingerprint density at radius 2 is 2.24 bits per heavy atom. The van der Waals surface area contributed by atoms with Gasteiger partial charge in [0.25, 0.3) is 5.91 Å². The van der Waals surface area contributed by atoms with Crippen LogP contribution in [0.25, 0.3) is 0 Å². The van der Waals surface area contributed by atoms with Crippen molar-refractivity contribution in [3.63, 3.8) is 0 Å². The average molecular weight is 290 g/mol. The molecule has 1 atom stereocenters. The molecular weight excluding hydrogens is 271 g/mol. The molecule has 0 bridgehead atoms. The smallest absolute Gasteiger partial charge is 0.255 e. The van der Waals surface area contributed by atoms with Crippen molar-refractivity contribution >= 4 is 5.91 Å². The van der Waals surface area contributed by atoms with Crippen molar-refractivity contribution in [2.24, 2.45) is 0 Å². The molecule has 1 aromatic carbocycles. The number of likely N-dealkylation sites (N-methyl/N-ethyl adjacent to an activating group) is 1. The highest BCUT2D eigenvalue weighted by Crippen LogP contribution is 2.17. The zero-order valence-corrected chi connectivity index (χ0v) is 12.3. The van der Waals surface area contributed by atoms with Crippen LogP contribution in [-0.4, -0.2) is 60.1 Å². The average Bonchev–Trinajstić information content (AvgIpc) is 2.44. The van der Waals surface area contributed by atoms with Gasteiger partial charge in [-0.25, -0.2) is 4.39 Å². The largest absolute Gasteiger partial charge is 0.384 e. The van der Waals surface area contributed by atoms with Gasteiger partial charge in [0, 0.05) is 31.2 Å². The summed E-state index contributed by atoms with van der Waals surface area (Å²) in [6.07, 6.45) is 0. The number of rotatable bonds is 1. The minimum atomic E-state index is -0.444. The number of hydrogen-bond donors (Lipinski definition) is 1. The third-order valence-electron chi connectivity index (χ3n) is 3.61. The van der Waals surface area contributed by atoms with Gasteiger partial charge in [-0.2, -0.15) is 0 Å². The molecule has 1 N–H and O–H groups in total. The fraction of sp³-hybridized carbons (Fsp3) is 0.438. The number of aliphatic hydroxyl groups is 1. The SMILES string of the molecule is CC1CN(C)CCN1C(=O)c1ccc(F)cc1C#CCO. The Kier molecular flexibility index (Phi) is 4.94. The van der Waals surface area contributed by atoms with Gasteiger partial charge in [-0.3, -0.25) is 4.79 Å². The highest BCUT2D eigenvalue weighted by molar-refractivity contribution is 5.97. The van der Waals surface area contributed by atoms with Crippen LogP contribution in [0.3, 0.4) is 0 Å². The molecule has 1 aliphatic rings. The van der Waals surface area contributed by atoms with E-state index < -0.39 is 5.82 Å². The minimum Gasteiger partial charge on any atom is -0.384 e. The van der Waals surface area contributed by atoms with E-state index in [9.17, 15) is 9.18 Å². The maximum Gasteiger partial charge on any atom is 0.255 e. The van der Waals surface area contributed by atoms with Crippen molar-refractivity contribution in [2.45, 2.75) is 13.0 Å². The number of carbonyl (C=O) groups is 1. The summed E-state index contributed by atoms with van der Waals surface area (Å²) in [7, 11) is 2.02. The number of hydrogen-bond acceptors (Lipinski definition) is 3. The second-order valence-electron chi connectivity index (χ2n) is 5.26. The Morgan fingerprint density at radius 1 is 1.48 bits per heavy atom. The lowest BCUT2D eigenvalue weighted by molar-refractivity contribution is 0.0533. The number of halogens is 1. The fourth-order valence-corrected chi connectivity index (χ4v) is 2.54. The van der Waals surface area contributed by atoms with E-state index in [1.54, 1.807) is 4.90 Å². The summed E-state index contributed by atoms with van der Waals surface area (Å²) in [6.45, 7) is 3.94. The molecule has 1 amide bonds. The summed E-state index contributed by atoms with van der Waals surface area (Å²) >= 11 is 0.